The molecule has 0 atom stereocenters. The molecule has 1 N–H and O–H groups in total. The first-order chi connectivity index (χ1) is 11.3. The molecular weight excluding hydrogens is 282 g/mol. The number of rotatable bonds is 14. The zero-order valence-corrected chi connectivity index (χ0v) is 15.5. The van der Waals surface area contributed by atoms with Crippen LogP contribution in [0.15, 0.2) is 16.9 Å². The Morgan fingerprint density at radius 1 is 0.652 bits per heavy atom. The van der Waals surface area contributed by atoms with Crippen molar-refractivity contribution in [3.05, 3.63) is 33.7 Å². The van der Waals surface area contributed by atoms with Crippen molar-refractivity contribution in [2.24, 2.45) is 0 Å². The lowest BCUT2D eigenvalue weighted by atomic mass is 10.1. The fourth-order valence-corrected chi connectivity index (χ4v) is 3.12. The van der Waals surface area contributed by atoms with Crippen molar-refractivity contribution in [3.8, 4) is 0 Å². The van der Waals surface area contributed by atoms with Crippen LogP contribution < -0.4 is 5.43 Å². The molecule has 23 heavy (non-hydrogen) atoms. The van der Waals surface area contributed by atoms with Crippen molar-refractivity contribution < 1.29 is 0 Å². The molecule has 0 bridgehead atoms. The predicted octanol–water partition coefficient (Wildman–Crippen LogP) is 6.18. The van der Waals surface area contributed by atoms with E-state index >= 15 is 0 Å². The van der Waals surface area contributed by atoms with Gasteiger partial charge in [-0.3, -0.25) is 4.79 Å². The molecule has 0 unspecified atom stereocenters. The van der Waals surface area contributed by atoms with Gasteiger partial charge in [0.05, 0.1) is 0 Å². The van der Waals surface area contributed by atoms with Gasteiger partial charge in [0, 0.05) is 23.5 Å². The molecule has 0 saturated carbocycles. The number of nitrogens with one attached hydrogen (secondary N) is 1. The summed E-state index contributed by atoms with van der Waals surface area (Å²) in [6.07, 6.45) is 17.7. The van der Waals surface area contributed by atoms with Crippen LogP contribution in [0.3, 0.4) is 0 Å². The van der Waals surface area contributed by atoms with E-state index in [0.717, 1.165) is 24.2 Å². The molecule has 132 valence electrons. The third kappa shape index (κ3) is 10.4. The van der Waals surface area contributed by atoms with Crippen molar-refractivity contribution in [1.29, 1.82) is 0 Å². The molecular formula is C21H37NO. The Bertz CT molecular complexity index is 412. The van der Waals surface area contributed by atoms with Crippen molar-refractivity contribution >= 4 is 0 Å². The lowest BCUT2D eigenvalue weighted by molar-refractivity contribution is 0.598. The maximum Gasteiger partial charge on any atom is 0.182 e. The maximum atomic E-state index is 11.8. The first-order valence-electron chi connectivity index (χ1n) is 9.98. The molecule has 0 fully saturated rings. The smallest absolute Gasteiger partial charge is 0.182 e. The van der Waals surface area contributed by atoms with E-state index in [0.29, 0.717) is 0 Å². The molecule has 1 aromatic heterocycles. The summed E-state index contributed by atoms with van der Waals surface area (Å²) in [5, 5.41) is 0. The quantitative estimate of drug-likeness (QED) is 0.408. The SMILES string of the molecule is CCCCCCCCc1cc(=O)cc(CCCCCCCC)[nH]1. The molecule has 0 aliphatic heterocycles. The van der Waals surface area contributed by atoms with Gasteiger partial charge in [-0.05, 0) is 25.7 Å². The Morgan fingerprint density at radius 2 is 1.04 bits per heavy atom. The number of unbranched alkanes of at least 4 members (excludes halogenated alkanes) is 10. The number of aromatic nitrogens is 1. The summed E-state index contributed by atoms with van der Waals surface area (Å²) >= 11 is 0. The molecule has 0 radical (unpaired) electrons. The molecule has 1 heterocycles. The number of hydrogen-bond acceptors (Lipinski definition) is 1. The van der Waals surface area contributed by atoms with E-state index in [9.17, 15) is 4.79 Å². The molecule has 0 aliphatic carbocycles. The van der Waals surface area contributed by atoms with E-state index in [1.165, 1.54) is 77.0 Å². The van der Waals surface area contributed by atoms with Gasteiger partial charge >= 0.3 is 0 Å². The second-order valence-electron chi connectivity index (χ2n) is 6.90. The van der Waals surface area contributed by atoms with Crippen LogP contribution in [0.2, 0.25) is 0 Å². The van der Waals surface area contributed by atoms with Crippen LogP contribution in [0.1, 0.15) is 102 Å². The Balaban J connectivity index is 2.27. The summed E-state index contributed by atoms with van der Waals surface area (Å²) < 4.78 is 0. The molecule has 0 aliphatic rings. The highest BCUT2D eigenvalue weighted by atomic mass is 16.1. The maximum absolute atomic E-state index is 11.8. The Morgan fingerprint density at radius 3 is 1.48 bits per heavy atom. The molecule has 0 amide bonds. The average molecular weight is 320 g/mol. The van der Waals surface area contributed by atoms with E-state index < -0.39 is 0 Å². The number of H-pyrrole nitrogens is 1. The highest BCUT2D eigenvalue weighted by Gasteiger charge is 2.01. The number of pyridine rings is 1. The van der Waals surface area contributed by atoms with Gasteiger partial charge in [-0.25, -0.2) is 0 Å². The third-order valence-corrected chi connectivity index (χ3v) is 4.55. The summed E-state index contributed by atoms with van der Waals surface area (Å²) in [5.74, 6) is 0. The third-order valence-electron chi connectivity index (χ3n) is 4.55. The summed E-state index contributed by atoms with van der Waals surface area (Å²) in [7, 11) is 0. The van der Waals surface area contributed by atoms with Crippen molar-refractivity contribution in [2.45, 2.75) is 104 Å². The largest absolute Gasteiger partial charge is 0.362 e. The van der Waals surface area contributed by atoms with Crippen LogP contribution in [-0.4, -0.2) is 4.98 Å². The van der Waals surface area contributed by atoms with Gasteiger partial charge in [0.2, 0.25) is 0 Å². The highest BCUT2D eigenvalue weighted by Crippen LogP contribution is 2.10. The first-order valence-corrected chi connectivity index (χ1v) is 9.98. The van der Waals surface area contributed by atoms with E-state index in [1.807, 2.05) is 0 Å². The zero-order chi connectivity index (χ0) is 16.8. The standard InChI is InChI=1S/C21H37NO/c1-3-5-7-9-11-13-15-19-17-21(23)18-20(22-19)16-14-12-10-8-6-4-2/h17-18H,3-16H2,1-2H3,(H,22,23). The Hall–Kier alpha value is -1.05. The van der Waals surface area contributed by atoms with Crippen molar-refractivity contribution in [1.82, 2.24) is 4.98 Å². The fraction of sp³-hybridized carbons (Fsp3) is 0.762. The van der Waals surface area contributed by atoms with Gasteiger partial charge in [-0.15, -0.1) is 0 Å². The van der Waals surface area contributed by atoms with Crippen molar-refractivity contribution in [2.75, 3.05) is 0 Å². The molecule has 0 saturated heterocycles. The lowest BCUT2D eigenvalue weighted by Gasteiger charge is -2.07. The summed E-state index contributed by atoms with van der Waals surface area (Å²) in [5.41, 5.74) is 2.44. The topological polar surface area (TPSA) is 32.9 Å². The zero-order valence-electron chi connectivity index (χ0n) is 15.5. The van der Waals surface area contributed by atoms with Crippen LogP contribution >= 0.6 is 0 Å². The number of aromatic amines is 1. The van der Waals surface area contributed by atoms with Gasteiger partial charge in [-0.1, -0.05) is 78.1 Å². The monoisotopic (exact) mass is 319 g/mol. The second kappa shape index (κ2) is 13.4. The van der Waals surface area contributed by atoms with Crippen LogP contribution in [0.25, 0.3) is 0 Å². The normalized spacial score (nSPS) is 11.0. The fourth-order valence-electron chi connectivity index (χ4n) is 3.12. The van der Waals surface area contributed by atoms with E-state index in [1.54, 1.807) is 12.1 Å². The lowest BCUT2D eigenvalue weighted by Crippen LogP contribution is -2.07. The van der Waals surface area contributed by atoms with Crippen LogP contribution in [0, 0.1) is 0 Å². The van der Waals surface area contributed by atoms with Gasteiger partial charge in [-0.2, -0.15) is 0 Å². The van der Waals surface area contributed by atoms with E-state index in [4.69, 9.17) is 0 Å². The van der Waals surface area contributed by atoms with Crippen LogP contribution in [0.5, 0.6) is 0 Å². The molecule has 0 aromatic carbocycles. The Kier molecular flexibility index (Phi) is 11.6. The highest BCUT2D eigenvalue weighted by molar-refractivity contribution is 5.12. The predicted molar refractivity (Wildman–Crippen MR) is 101 cm³/mol. The molecule has 1 aromatic rings. The minimum absolute atomic E-state index is 0.172. The second-order valence-corrected chi connectivity index (χ2v) is 6.90. The van der Waals surface area contributed by atoms with Gasteiger partial charge in [0.1, 0.15) is 0 Å². The summed E-state index contributed by atoms with van der Waals surface area (Å²) in [6, 6.07) is 3.58. The van der Waals surface area contributed by atoms with Crippen LogP contribution in [-0.2, 0) is 12.8 Å². The molecule has 2 nitrogen and oxygen atoms in total. The summed E-state index contributed by atoms with van der Waals surface area (Å²) in [4.78, 5) is 15.3. The summed E-state index contributed by atoms with van der Waals surface area (Å²) in [6.45, 7) is 4.50. The van der Waals surface area contributed by atoms with Crippen LogP contribution in [0.4, 0.5) is 0 Å². The number of hydrogen-bond donors (Lipinski definition) is 1. The minimum atomic E-state index is 0.172. The average Bonchev–Trinajstić information content (AvgIpc) is 2.53. The first kappa shape index (κ1) is 20.0. The molecule has 2 heteroatoms. The van der Waals surface area contributed by atoms with Gasteiger partial charge in [0.25, 0.3) is 0 Å². The van der Waals surface area contributed by atoms with Gasteiger partial charge < -0.3 is 4.98 Å². The van der Waals surface area contributed by atoms with Crippen molar-refractivity contribution in [3.63, 3.8) is 0 Å². The molecule has 1 rings (SSSR count). The number of aryl methyl sites for hydroxylation is 2. The van der Waals surface area contributed by atoms with E-state index in [-0.39, 0.29) is 5.43 Å². The minimum Gasteiger partial charge on any atom is -0.362 e. The Labute approximate surface area is 143 Å². The van der Waals surface area contributed by atoms with Gasteiger partial charge in [0.15, 0.2) is 5.43 Å². The van der Waals surface area contributed by atoms with E-state index in [2.05, 4.69) is 18.8 Å². The molecule has 0 spiro atoms.